The Morgan fingerprint density at radius 3 is 2.71 bits per heavy atom. The second-order valence-electron chi connectivity index (χ2n) is 4.94. The van der Waals surface area contributed by atoms with E-state index in [9.17, 15) is 9.59 Å². The summed E-state index contributed by atoms with van der Waals surface area (Å²) in [4.78, 5) is 22.8. The van der Waals surface area contributed by atoms with Crippen LogP contribution < -0.4 is 10.5 Å². The van der Waals surface area contributed by atoms with E-state index in [1.54, 1.807) is 6.92 Å². The third-order valence-corrected chi connectivity index (χ3v) is 3.47. The minimum Gasteiger partial charge on any atom is -0.484 e. The molecule has 0 spiro atoms. The molecule has 1 amide bonds. The molecule has 0 fully saturated rings. The van der Waals surface area contributed by atoms with Crippen molar-refractivity contribution in [1.29, 1.82) is 0 Å². The molecule has 0 aromatic carbocycles. The first-order chi connectivity index (χ1) is 10.1. The Hall–Kier alpha value is -2.30. The quantitative estimate of drug-likeness (QED) is 0.845. The van der Waals surface area contributed by atoms with Gasteiger partial charge >= 0.3 is 0 Å². The summed E-state index contributed by atoms with van der Waals surface area (Å²) in [6.45, 7) is 3.87. The summed E-state index contributed by atoms with van der Waals surface area (Å²) in [7, 11) is 0. The van der Waals surface area contributed by atoms with Crippen LogP contribution in [0.2, 0.25) is 0 Å². The maximum Gasteiger partial charge on any atom is 0.221 e. The minimum atomic E-state index is -0.378. The monoisotopic (exact) mass is 288 g/mol. The number of primary amides is 1. The number of carbonyl (C=O) groups excluding carboxylic acids is 2. The number of hydrogen-bond acceptors (Lipinski definition) is 3. The summed E-state index contributed by atoms with van der Waals surface area (Å²) in [6, 6.07) is 3.66. The topological polar surface area (TPSA) is 73.8 Å². The summed E-state index contributed by atoms with van der Waals surface area (Å²) in [6.07, 6.45) is 5.29. The van der Waals surface area contributed by atoms with Gasteiger partial charge in [0.15, 0.2) is 5.78 Å². The van der Waals surface area contributed by atoms with Crippen LogP contribution in [0.5, 0.6) is 5.75 Å². The standard InChI is InChI=1S/C16H20N2O3/c1-3-11-9-18-7-5-6-14(21-10-12(19)4-2)16(18)13(11)8-15(17)20/h5-7,9H,3-4,8,10H2,1-2H3,(H2,17,20). The maximum atomic E-state index is 11.4. The van der Waals surface area contributed by atoms with Gasteiger partial charge in [0.1, 0.15) is 12.4 Å². The smallest absolute Gasteiger partial charge is 0.221 e. The van der Waals surface area contributed by atoms with Crippen LogP contribution in [0.1, 0.15) is 31.4 Å². The highest BCUT2D eigenvalue weighted by Crippen LogP contribution is 2.28. The number of aromatic nitrogens is 1. The zero-order chi connectivity index (χ0) is 15.4. The Morgan fingerprint density at radius 1 is 1.33 bits per heavy atom. The second-order valence-corrected chi connectivity index (χ2v) is 4.94. The van der Waals surface area contributed by atoms with E-state index in [0.29, 0.717) is 12.2 Å². The van der Waals surface area contributed by atoms with Gasteiger partial charge in [0, 0.05) is 18.8 Å². The minimum absolute atomic E-state index is 0.0377. The van der Waals surface area contributed by atoms with E-state index >= 15 is 0 Å². The third-order valence-electron chi connectivity index (χ3n) is 3.47. The molecule has 0 aliphatic heterocycles. The number of nitrogens with zero attached hydrogens (tertiary/aromatic N) is 1. The number of amides is 1. The van der Waals surface area contributed by atoms with Gasteiger partial charge in [0.2, 0.25) is 5.91 Å². The molecule has 0 atom stereocenters. The zero-order valence-corrected chi connectivity index (χ0v) is 12.4. The van der Waals surface area contributed by atoms with Gasteiger partial charge in [-0.3, -0.25) is 9.59 Å². The molecule has 2 aromatic rings. The van der Waals surface area contributed by atoms with Crippen LogP contribution in [0, 0.1) is 0 Å². The first-order valence-electron chi connectivity index (χ1n) is 7.11. The fraction of sp³-hybridized carbons (Fsp3) is 0.375. The molecule has 2 rings (SSSR count). The first-order valence-corrected chi connectivity index (χ1v) is 7.11. The van der Waals surface area contributed by atoms with Crippen LogP contribution in [-0.2, 0) is 22.4 Å². The lowest BCUT2D eigenvalue weighted by molar-refractivity contribution is -0.120. The predicted octanol–water partition coefficient (Wildman–Crippen LogP) is 1.89. The van der Waals surface area contributed by atoms with Crippen molar-refractivity contribution in [3.63, 3.8) is 0 Å². The molecule has 5 nitrogen and oxygen atoms in total. The normalized spacial score (nSPS) is 10.8. The maximum absolute atomic E-state index is 11.4. The van der Waals surface area contributed by atoms with E-state index in [1.807, 2.05) is 35.9 Å². The van der Waals surface area contributed by atoms with Crippen LogP contribution >= 0.6 is 0 Å². The lowest BCUT2D eigenvalue weighted by Crippen LogP contribution is -2.15. The van der Waals surface area contributed by atoms with Crippen molar-refractivity contribution < 1.29 is 14.3 Å². The molecule has 5 heteroatoms. The summed E-state index contributed by atoms with van der Waals surface area (Å²) in [5.74, 6) is 0.267. The van der Waals surface area contributed by atoms with Crippen LogP contribution in [0.25, 0.3) is 5.52 Å². The second kappa shape index (κ2) is 6.43. The van der Waals surface area contributed by atoms with Crippen LogP contribution in [0.15, 0.2) is 24.5 Å². The van der Waals surface area contributed by atoms with Crippen LogP contribution in [-0.4, -0.2) is 22.7 Å². The summed E-state index contributed by atoms with van der Waals surface area (Å²) in [5.41, 5.74) is 8.11. The molecule has 2 aromatic heterocycles. The van der Waals surface area contributed by atoms with E-state index in [1.165, 1.54) is 0 Å². The SMILES string of the molecule is CCC(=O)COc1cccn2cc(CC)c(CC(N)=O)c12. The highest BCUT2D eigenvalue weighted by atomic mass is 16.5. The molecular formula is C16H20N2O3. The highest BCUT2D eigenvalue weighted by molar-refractivity contribution is 5.83. The van der Waals surface area contributed by atoms with E-state index in [0.717, 1.165) is 23.1 Å². The van der Waals surface area contributed by atoms with Gasteiger partial charge in [-0.2, -0.15) is 0 Å². The lowest BCUT2D eigenvalue weighted by atomic mass is 10.1. The Balaban J connectivity index is 2.47. The molecule has 2 heterocycles. The molecule has 0 saturated heterocycles. The average molecular weight is 288 g/mol. The molecule has 0 unspecified atom stereocenters. The fourth-order valence-corrected chi connectivity index (χ4v) is 2.37. The van der Waals surface area contributed by atoms with Crippen molar-refractivity contribution in [3.05, 3.63) is 35.7 Å². The van der Waals surface area contributed by atoms with Gasteiger partial charge in [0.25, 0.3) is 0 Å². The number of fused-ring (bicyclic) bond motifs is 1. The van der Waals surface area contributed by atoms with Crippen molar-refractivity contribution in [2.75, 3.05) is 6.61 Å². The summed E-state index contributed by atoms with van der Waals surface area (Å²) < 4.78 is 7.55. The number of pyridine rings is 1. The van der Waals surface area contributed by atoms with Crippen LogP contribution in [0.4, 0.5) is 0 Å². The van der Waals surface area contributed by atoms with Gasteiger partial charge < -0.3 is 14.9 Å². The van der Waals surface area contributed by atoms with Gasteiger partial charge in [-0.05, 0) is 29.7 Å². The van der Waals surface area contributed by atoms with Crippen molar-refractivity contribution in [1.82, 2.24) is 4.40 Å². The molecule has 21 heavy (non-hydrogen) atoms. The van der Waals surface area contributed by atoms with Gasteiger partial charge in [-0.25, -0.2) is 0 Å². The third kappa shape index (κ3) is 3.24. The largest absolute Gasteiger partial charge is 0.484 e. The number of nitrogens with two attached hydrogens (primary N) is 1. The van der Waals surface area contributed by atoms with Crippen LogP contribution in [0.3, 0.4) is 0 Å². The predicted molar refractivity (Wildman–Crippen MR) is 80.5 cm³/mol. The molecule has 112 valence electrons. The van der Waals surface area contributed by atoms with E-state index < -0.39 is 0 Å². The van der Waals surface area contributed by atoms with E-state index in [4.69, 9.17) is 10.5 Å². The number of ketones is 1. The number of Topliss-reactive ketones (excluding diaryl/α,β-unsaturated/α-hetero) is 1. The first kappa shape index (κ1) is 15.1. The number of rotatable bonds is 7. The summed E-state index contributed by atoms with van der Waals surface area (Å²) in [5, 5.41) is 0. The average Bonchev–Trinajstić information content (AvgIpc) is 2.82. The van der Waals surface area contributed by atoms with Crippen molar-refractivity contribution in [3.8, 4) is 5.75 Å². The van der Waals surface area contributed by atoms with E-state index in [-0.39, 0.29) is 24.7 Å². The Labute approximate surface area is 123 Å². The Kier molecular flexibility index (Phi) is 4.62. The Bertz CT molecular complexity index is 673. The van der Waals surface area contributed by atoms with Gasteiger partial charge in [0.05, 0.1) is 11.9 Å². The molecular weight excluding hydrogens is 268 g/mol. The van der Waals surface area contributed by atoms with E-state index in [2.05, 4.69) is 0 Å². The lowest BCUT2D eigenvalue weighted by Gasteiger charge is -2.09. The van der Waals surface area contributed by atoms with Crippen molar-refractivity contribution in [2.24, 2.45) is 5.73 Å². The fourth-order valence-electron chi connectivity index (χ4n) is 2.37. The molecule has 0 aliphatic rings. The van der Waals surface area contributed by atoms with Gasteiger partial charge in [-0.1, -0.05) is 13.8 Å². The van der Waals surface area contributed by atoms with Crippen molar-refractivity contribution >= 4 is 17.2 Å². The number of ether oxygens (including phenoxy) is 1. The Morgan fingerprint density at radius 2 is 2.10 bits per heavy atom. The van der Waals surface area contributed by atoms with Crippen molar-refractivity contribution in [2.45, 2.75) is 33.1 Å². The zero-order valence-electron chi connectivity index (χ0n) is 12.4. The molecule has 0 aliphatic carbocycles. The molecule has 2 N–H and O–H groups in total. The number of carbonyl (C=O) groups is 2. The molecule has 0 saturated carbocycles. The highest BCUT2D eigenvalue weighted by Gasteiger charge is 2.16. The van der Waals surface area contributed by atoms with Gasteiger partial charge in [-0.15, -0.1) is 0 Å². The molecule has 0 radical (unpaired) electrons. The number of hydrogen-bond donors (Lipinski definition) is 1. The number of aryl methyl sites for hydroxylation is 1. The summed E-state index contributed by atoms with van der Waals surface area (Å²) >= 11 is 0. The molecule has 0 bridgehead atoms.